The molecular weight excluding hydrogens is 374 g/mol. The first-order valence-electron chi connectivity index (χ1n) is 8.04. The molecule has 2 rings (SSSR count). The molecule has 0 aliphatic carbocycles. The number of sulfonamides is 1. The third kappa shape index (κ3) is 5.31. The van der Waals surface area contributed by atoms with Gasteiger partial charge in [-0.05, 0) is 43.7 Å². The van der Waals surface area contributed by atoms with Gasteiger partial charge in [-0.25, -0.2) is 13.8 Å². The Morgan fingerprint density at radius 3 is 2.58 bits per heavy atom. The Morgan fingerprint density at radius 1 is 1.15 bits per heavy atom. The Bertz CT molecular complexity index is 927. The zero-order valence-corrected chi connectivity index (χ0v) is 16.1. The molecule has 2 aromatic rings. The van der Waals surface area contributed by atoms with Gasteiger partial charge in [-0.1, -0.05) is 43.1 Å². The van der Waals surface area contributed by atoms with Crippen molar-refractivity contribution in [3.05, 3.63) is 59.1 Å². The number of carbonyl (C=O) groups excluding carboxylic acids is 1. The number of rotatable bonds is 7. The predicted molar refractivity (Wildman–Crippen MR) is 104 cm³/mol. The Morgan fingerprint density at radius 2 is 1.88 bits per heavy atom. The van der Waals surface area contributed by atoms with Crippen molar-refractivity contribution >= 4 is 38.9 Å². The highest BCUT2D eigenvalue weighted by Crippen LogP contribution is 2.24. The van der Waals surface area contributed by atoms with Gasteiger partial charge >= 0.3 is 0 Å². The number of amides is 1. The molecule has 138 valence electrons. The summed E-state index contributed by atoms with van der Waals surface area (Å²) in [5.74, 6) is -0.477. The summed E-state index contributed by atoms with van der Waals surface area (Å²) in [4.78, 5) is 12.1. The topological polar surface area (TPSA) is 87.6 Å². The minimum Gasteiger partial charge on any atom is -0.278 e. The van der Waals surface area contributed by atoms with Gasteiger partial charge in [0.2, 0.25) is 0 Å². The van der Waals surface area contributed by atoms with Gasteiger partial charge in [-0.3, -0.25) is 9.52 Å². The van der Waals surface area contributed by atoms with E-state index in [2.05, 4.69) is 15.2 Å². The van der Waals surface area contributed by atoms with Crippen LogP contribution in [0.3, 0.4) is 0 Å². The lowest BCUT2D eigenvalue weighted by atomic mass is 10.2. The van der Waals surface area contributed by atoms with E-state index in [-0.39, 0.29) is 21.2 Å². The molecule has 8 heteroatoms. The van der Waals surface area contributed by atoms with Crippen LogP contribution in [0.4, 0.5) is 5.69 Å². The second-order valence-electron chi connectivity index (χ2n) is 5.65. The molecule has 0 fully saturated rings. The minimum atomic E-state index is -3.88. The van der Waals surface area contributed by atoms with Gasteiger partial charge in [-0.15, -0.1) is 0 Å². The number of nitrogens with zero attached hydrogens (tertiary/aromatic N) is 1. The number of carbonyl (C=O) groups is 1. The van der Waals surface area contributed by atoms with Crippen LogP contribution in [0.1, 0.15) is 37.0 Å². The molecule has 2 aromatic carbocycles. The molecule has 0 radical (unpaired) electrons. The largest absolute Gasteiger partial charge is 0.278 e. The van der Waals surface area contributed by atoms with E-state index in [1.807, 2.05) is 13.8 Å². The van der Waals surface area contributed by atoms with Crippen LogP contribution in [0, 0.1) is 0 Å². The molecule has 0 saturated carbocycles. The van der Waals surface area contributed by atoms with Crippen LogP contribution in [-0.2, 0) is 10.0 Å². The second-order valence-corrected chi connectivity index (χ2v) is 7.74. The first-order chi connectivity index (χ1) is 12.3. The van der Waals surface area contributed by atoms with Gasteiger partial charge in [0.1, 0.15) is 0 Å². The van der Waals surface area contributed by atoms with E-state index in [1.165, 1.54) is 24.3 Å². The van der Waals surface area contributed by atoms with Gasteiger partial charge in [-0.2, -0.15) is 5.10 Å². The van der Waals surface area contributed by atoms with Gasteiger partial charge in [0, 0.05) is 11.3 Å². The number of nitrogens with one attached hydrogen (secondary N) is 2. The Kier molecular flexibility index (Phi) is 6.76. The molecular formula is C18H20ClN3O3S. The van der Waals surface area contributed by atoms with Crippen LogP contribution < -0.4 is 10.1 Å². The molecule has 0 aromatic heterocycles. The fourth-order valence-electron chi connectivity index (χ4n) is 2.18. The van der Waals surface area contributed by atoms with Crippen molar-refractivity contribution in [3.63, 3.8) is 0 Å². The molecule has 26 heavy (non-hydrogen) atoms. The maximum absolute atomic E-state index is 12.6. The first-order valence-corrected chi connectivity index (χ1v) is 9.90. The van der Waals surface area contributed by atoms with Gasteiger partial charge in [0.05, 0.1) is 15.6 Å². The van der Waals surface area contributed by atoms with Crippen molar-refractivity contribution in [2.24, 2.45) is 5.10 Å². The van der Waals surface area contributed by atoms with Crippen LogP contribution in [0.2, 0.25) is 5.02 Å². The maximum atomic E-state index is 12.6. The second kappa shape index (κ2) is 8.82. The number of hydrogen-bond acceptors (Lipinski definition) is 4. The normalized spacial score (nSPS) is 11.9. The van der Waals surface area contributed by atoms with Gasteiger partial charge in [0.15, 0.2) is 0 Å². The lowest BCUT2D eigenvalue weighted by Gasteiger charge is -2.10. The number of hydrazone groups is 1. The summed E-state index contributed by atoms with van der Waals surface area (Å²) >= 11 is 5.99. The lowest BCUT2D eigenvalue weighted by Crippen LogP contribution is -2.20. The third-order valence-corrected chi connectivity index (χ3v) is 5.18. The van der Waals surface area contributed by atoms with Crippen LogP contribution in [0.15, 0.2) is 58.5 Å². The summed E-state index contributed by atoms with van der Waals surface area (Å²) in [6, 6.07) is 12.2. The SMILES string of the molecule is CCC/C(C)=N\NC(=O)c1cccc(S(=O)(=O)Nc2ccccc2Cl)c1. The number of anilines is 1. The Hall–Kier alpha value is -2.38. The molecule has 0 aliphatic rings. The standard InChI is InChI=1S/C18H20ClN3O3S/c1-3-7-13(2)20-21-18(23)14-8-6-9-15(12-14)26(24,25)22-17-11-5-4-10-16(17)19/h4-6,8-12,22H,3,7H2,1-2H3,(H,21,23)/b20-13-. The van der Waals surface area contributed by atoms with E-state index >= 15 is 0 Å². The van der Waals surface area contributed by atoms with Gasteiger partial charge < -0.3 is 0 Å². The predicted octanol–water partition coefficient (Wildman–Crippen LogP) is 4.05. The lowest BCUT2D eigenvalue weighted by molar-refractivity contribution is 0.0954. The summed E-state index contributed by atoms with van der Waals surface area (Å²) in [6.45, 7) is 3.83. The summed E-state index contributed by atoms with van der Waals surface area (Å²) in [7, 11) is -3.88. The smallest absolute Gasteiger partial charge is 0.271 e. The van der Waals surface area contributed by atoms with E-state index in [9.17, 15) is 13.2 Å². The maximum Gasteiger partial charge on any atom is 0.271 e. The van der Waals surface area contributed by atoms with Crippen molar-refractivity contribution in [2.75, 3.05) is 4.72 Å². The zero-order chi connectivity index (χ0) is 19.2. The van der Waals surface area contributed by atoms with Crippen molar-refractivity contribution in [1.82, 2.24) is 5.43 Å². The molecule has 2 N–H and O–H groups in total. The quantitative estimate of drug-likeness (QED) is 0.549. The monoisotopic (exact) mass is 393 g/mol. The zero-order valence-electron chi connectivity index (χ0n) is 14.5. The number of para-hydroxylation sites is 1. The van der Waals surface area contributed by atoms with Crippen LogP contribution in [0.25, 0.3) is 0 Å². The average Bonchev–Trinajstić information content (AvgIpc) is 2.62. The van der Waals surface area contributed by atoms with Crippen LogP contribution in [0.5, 0.6) is 0 Å². The van der Waals surface area contributed by atoms with E-state index in [0.717, 1.165) is 18.6 Å². The van der Waals surface area contributed by atoms with E-state index < -0.39 is 15.9 Å². The molecule has 0 heterocycles. The fourth-order valence-corrected chi connectivity index (χ4v) is 3.54. The van der Waals surface area contributed by atoms with Crippen LogP contribution >= 0.6 is 11.6 Å². The summed E-state index contributed by atoms with van der Waals surface area (Å²) in [5.41, 5.74) is 3.69. The summed E-state index contributed by atoms with van der Waals surface area (Å²) in [5, 5.41) is 4.28. The van der Waals surface area contributed by atoms with E-state index in [0.29, 0.717) is 0 Å². The fraction of sp³-hybridized carbons (Fsp3) is 0.222. The number of benzene rings is 2. The summed E-state index contributed by atoms with van der Waals surface area (Å²) < 4.78 is 27.5. The third-order valence-electron chi connectivity index (χ3n) is 3.48. The average molecular weight is 394 g/mol. The minimum absolute atomic E-state index is 0.0423. The molecule has 0 bridgehead atoms. The van der Waals surface area contributed by atoms with E-state index in [4.69, 9.17) is 11.6 Å². The van der Waals surface area contributed by atoms with Crippen molar-refractivity contribution in [1.29, 1.82) is 0 Å². The highest BCUT2D eigenvalue weighted by Gasteiger charge is 2.17. The highest BCUT2D eigenvalue weighted by atomic mass is 35.5. The molecule has 1 amide bonds. The first kappa shape index (κ1) is 19.9. The molecule has 0 aliphatic heterocycles. The van der Waals surface area contributed by atoms with Crippen molar-refractivity contribution in [2.45, 2.75) is 31.6 Å². The molecule has 0 unspecified atom stereocenters. The highest BCUT2D eigenvalue weighted by molar-refractivity contribution is 7.92. The molecule has 0 atom stereocenters. The summed E-state index contributed by atoms with van der Waals surface area (Å²) in [6.07, 6.45) is 1.70. The number of halogens is 1. The number of hydrogen-bond donors (Lipinski definition) is 2. The van der Waals surface area contributed by atoms with E-state index in [1.54, 1.807) is 24.3 Å². The Labute approximate surface area is 158 Å². The Balaban J connectivity index is 2.21. The van der Waals surface area contributed by atoms with Crippen molar-refractivity contribution in [3.8, 4) is 0 Å². The molecule has 6 nitrogen and oxygen atoms in total. The molecule has 0 spiro atoms. The molecule has 0 saturated heterocycles. The van der Waals surface area contributed by atoms with Crippen molar-refractivity contribution < 1.29 is 13.2 Å². The van der Waals surface area contributed by atoms with Gasteiger partial charge in [0.25, 0.3) is 15.9 Å². The van der Waals surface area contributed by atoms with Crippen LogP contribution in [-0.4, -0.2) is 20.0 Å².